The van der Waals surface area contributed by atoms with Gasteiger partial charge in [0, 0.05) is 6.04 Å². The smallest absolute Gasteiger partial charge is 0.0335 e. The second kappa shape index (κ2) is 2.91. The zero-order valence-corrected chi connectivity index (χ0v) is 7.72. The van der Waals surface area contributed by atoms with E-state index in [0.717, 1.165) is 0 Å². The van der Waals surface area contributed by atoms with Crippen molar-refractivity contribution in [2.24, 2.45) is 0 Å². The summed E-state index contributed by atoms with van der Waals surface area (Å²) in [7, 11) is 0. The van der Waals surface area contributed by atoms with Gasteiger partial charge in [-0.25, -0.2) is 0 Å². The highest BCUT2D eigenvalue weighted by Gasteiger charge is 2.19. The van der Waals surface area contributed by atoms with Crippen molar-refractivity contribution >= 4 is 0 Å². The molecule has 1 unspecified atom stereocenters. The summed E-state index contributed by atoms with van der Waals surface area (Å²) in [4.78, 5) is 0. The van der Waals surface area contributed by atoms with E-state index in [9.17, 15) is 0 Å². The Morgan fingerprint density at radius 3 is 2.67 bits per heavy atom. The number of rotatable bonds is 1. The van der Waals surface area contributed by atoms with Crippen LogP contribution in [0, 0.1) is 13.8 Å². The minimum atomic E-state index is 0.630. The molecule has 1 saturated heterocycles. The molecular formula is C11H15N. The largest absolute Gasteiger partial charge is 0.310 e. The Hall–Kier alpha value is -0.820. The molecule has 1 N–H and O–H groups in total. The predicted octanol–water partition coefficient (Wildman–Crippen LogP) is 2.34. The zero-order valence-electron chi connectivity index (χ0n) is 7.72. The van der Waals surface area contributed by atoms with Crippen LogP contribution in [0.2, 0.25) is 0 Å². The molecule has 0 saturated carbocycles. The van der Waals surface area contributed by atoms with Gasteiger partial charge in [-0.2, -0.15) is 0 Å². The van der Waals surface area contributed by atoms with E-state index in [1.54, 1.807) is 0 Å². The molecule has 0 spiro atoms. The highest BCUT2D eigenvalue weighted by molar-refractivity contribution is 5.36. The Bertz CT molecular complexity index is 287. The van der Waals surface area contributed by atoms with E-state index < -0.39 is 0 Å². The van der Waals surface area contributed by atoms with Gasteiger partial charge in [-0.3, -0.25) is 0 Å². The number of hydrogen-bond acceptors (Lipinski definition) is 1. The topological polar surface area (TPSA) is 12.0 Å². The molecule has 0 aromatic heterocycles. The second-order valence-corrected chi connectivity index (χ2v) is 3.58. The van der Waals surface area contributed by atoms with E-state index in [0.29, 0.717) is 6.04 Å². The third kappa shape index (κ3) is 1.14. The lowest BCUT2D eigenvalue weighted by Crippen LogP contribution is -2.35. The Morgan fingerprint density at radius 1 is 1.33 bits per heavy atom. The van der Waals surface area contributed by atoms with Crippen LogP contribution in [0.15, 0.2) is 18.2 Å². The fourth-order valence-electron chi connectivity index (χ4n) is 1.71. The molecular weight excluding hydrogens is 146 g/mol. The van der Waals surface area contributed by atoms with Crippen LogP contribution in [0.3, 0.4) is 0 Å². The minimum Gasteiger partial charge on any atom is -0.310 e. The van der Waals surface area contributed by atoms with Gasteiger partial charge in [-0.1, -0.05) is 18.2 Å². The molecule has 0 aliphatic carbocycles. The van der Waals surface area contributed by atoms with Crippen molar-refractivity contribution in [3.63, 3.8) is 0 Å². The van der Waals surface area contributed by atoms with Gasteiger partial charge < -0.3 is 5.32 Å². The van der Waals surface area contributed by atoms with Crippen molar-refractivity contribution in [1.29, 1.82) is 0 Å². The van der Waals surface area contributed by atoms with Gasteiger partial charge in [0.15, 0.2) is 0 Å². The number of benzene rings is 1. The van der Waals surface area contributed by atoms with E-state index in [-0.39, 0.29) is 0 Å². The van der Waals surface area contributed by atoms with Crippen molar-refractivity contribution in [1.82, 2.24) is 5.32 Å². The monoisotopic (exact) mass is 161 g/mol. The molecule has 1 heterocycles. The Morgan fingerprint density at radius 2 is 2.08 bits per heavy atom. The Kier molecular flexibility index (Phi) is 1.89. The SMILES string of the molecule is Cc1cccc(C2CCN2)c1C. The molecule has 2 rings (SSSR count). The van der Waals surface area contributed by atoms with Gasteiger partial charge in [0.05, 0.1) is 0 Å². The van der Waals surface area contributed by atoms with Gasteiger partial charge in [0.25, 0.3) is 0 Å². The predicted molar refractivity (Wildman–Crippen MR) is 51.3 cm³/mol. The van der Waals surface area contributed by atoms with Crippen molar-refractivity contribution in [2.75, 3.05) is 6.54 Å². The van der Waals surface area contributed by atoms with E-state index in [1.165, 1.54) is 29.7 Å². The van der Waals surface area contributed by atoms with Crippen molar-refractivity contribution in [3.05, 3.63) is 34.9 Å². The van der Waals surface area contributed by atoms with Crippen LogP contribution < -0.4 is 5.32 Å². The summed E-state index contributed by atoms with van der Waals surface area (Å²) in [5.74, 6) is 0. The fourth-order valence-corrected chi connectivity index (χ4v) is 1.71. The van der Waals surface area contributed by atoms with Crippen molar-refractivity contribution in [3.8, 4) is 0 Å². The third-order valence-electron chi connectivity index (χ3n) is 2.85. The van der Waals surface area contributed by atoms with Crippen LogP contribution in [0.1, 0.15) is 29.2 Å². The van der Waals surface area contributed by atoms with Gasteiger partial charge in [0.1, 0.15) is 0 Å². The molecule has 1 heteroatoms. The normalized spacial score (nSPS) is 22.0. The first kappa shape index (κ1) is 7.81. The molecule has 0 amide bonds. The molecule has 1 nitrogen and oxygen atoms in total. The van der Waals surface area contributed by atoms with Crippen LogP contribution in [0.4, 0.5) is 0 Å². The maximum atomic E-state index is 3.43. The van der Waals surface area contributed by atoms with Gasteiger partial charge in [-0.05, 0) is 43.5 Å². The van der Waals surface area contributed by atoms with Gasteiger partial charge >= 0.3 is 0 Å². The molecule has 0 radical (unpaired) electrons. The fraction of sp³-hybridized carbons (Fsp3) is 0.455. The Labute approximate surface area is 73.8 Å². The van der Waals surface area contributed by atoms with Gasteiger partial charge in [0.2, 0.25) is 0 Å². The van der Waals surface area contributed by atoms with E-state index >= 15 is 0 Å². The average molecular weight is 161 g/mol. The molecule has 64 valence electrons. The summed E-state index contributed by atoms with van der Waals surface area (Å²) in [5.41, 5.74) is 4.34. The summed E-state index contributed by atoms with van der Waals surface area (Å²) in [6, 6.07) is 7.19. The molecule has 1 aliphatic heterocycles. The van der Waals surface area contributed by atoms with Gasteiger partial charge in [-0.15, -0.1) is 0 Å². The van der Waals surface area contributed by atoms with Crippen LogP contribution in [-0.2, 0) is 0 Å². The molecule has 12 heavy (non-hydrogen) atoms. The van der Waals surface area contributed by atoms with E-state index in [1.807, 2.05) is 0 Å². The molecule has 1 fully saturated rings. The van der Waals surface area contributed by atoms with Crippen molar-refractivity contribution < 1.29 is 0 Å². The standard InChI is InChI=1S/C11H15N/c1-8-4-3-5-10(9(8)2)11-6-7-12-11/h3-5,11-12H,6-7H2,1-2H3. The second-order valence-electron chi connectivity index (χ2n) is 3.58. The summed E-state index contributed by atoms with van der Waals surface area (Å²) < 4.78 is 0. The summed E-state index contributed by atoms with van der Waals surface area (Å²) >= 11 is 0. The van der Waals surface area contributed by atoms with Crippen LogP contribution in [0.25, 0.3) is 0 Å². The van der Waals surface area contributed by atoms with Crippen LogP contribution >= 0.6 is 0 Å². The number of aryl methyl sites for hydroxylation is 1. The minimum absolute atomic E-state index is 0.630. The molecule has 1 aliphatic rings. The quantitative estimate of drug-likeness (QED) is 0.666. The summed E-state index contributed by atoms with van der Waals surface area (Å²) in [6.07, 6.45) is 1.30. The first-order valence-corrected chi connectivity index (χ1v) is 4.58. The molecule has 1 atom stereocenters. The lowest BCUT2D eigenvalue weighted by Gasteiger charge is -2.29. The average Bonchev–Trinajstić information content (AvgIpc) is 1.95. The maximum absolute atomic E-state index is 3.43. The Balaban J connectivity index is 2.36. The first-order valence-electron chi connectivity index (χ1n) is 4.58. The highest BCUT2D eigenvalue weighted by atomic mass is 15.0. The molecule has 1 aromatic carbocycles. The van der Waals surface area contributed by atoms with Crippen LogP contribution in [-0.4, -0.2) is 6.54 Å². The summed E-state index contributed by atoms with van der Waals surface area (Å²) in [5, 5.41) is 3.43. The lowest BCUT2D eigenvalue weighted by atomic mass is 9.92. The van der Waals surface area contributed by atoms with E-state index in [2.05, 4.69) is 37.4 Å². The number of nitrogens with one attached hydrogen (secondary N) is 1. The first-order chi connectivity index (χ1) is 5.79. The molecule has 0 bridgehead atoms. The summed E-state index contributed by atoms with van der Waals surface area (Å²) in [6.45, 7) is 5.57. The van der Waals surface area contributed by atoms with Crippen LogP contribution in [0.5, 0.6) is 0 Å². The van der Waals surface area contributed by atoms with E-state index in [4.69, 9.17) is 0 Å². The maximum Gasteiger partial charge on any atom is 0.0335 e. The molecule has 1 aromatic rings. The van der Waals surface area contributed by atoms with Crippen molar-refractivity contribution in [2.45, 2.75) is 26.3 Å². The third-order valence-corrected chi connectivity index (χ3v) is 2.85. The lowest BCUT2D eigenvalue weighted by molar-refractivity contribution is 0.382. The number of hydrogen-bond donors (Lipinski definition) is 1. The highest BCUT2D eigenvalue weighted by Crippen LogP contribution is 2.26. The zero-order chi connectivity index (χ0) is 8.55.